The molecule has 5 heteroatoms. The molecule has 3 rings (SSSR count). The van der Waals surface area contributed by atoms with Crippen molar-refractivity contribution >= 4 is 27.5 Å². The zero-order valence-electron chi connectivity index (χ0n) is 15.2. The van der Waals surface area contributed by atoms with Gasteiger partial charge in [-0.1, -0.05) is 52.3 Å². The summed E-state index contributed by atoms with van der Waals surface area (Å²) in [4.78, 5) is 17.4. The molecule has 2 aromatic rings. The summed E-state index contributed by atoms with van der Waals surface area (Å²) in [7, 11) is 0. The van der Waals surface area contributed by atoms with Crippen LogP contribution in [0.3, 0.4) is 0 Å². The number of carbonyl (C=O) groups excluding carboxylic acids is 1. The van der Waals surface area contributed by atoms with E-state index in [2.05, 4.69) is 61.4 Å². The molecule has 0 bridgehead atoms. The molecule has 0 spiro atoms. The maximum atomic E-state index is 12.6. The molecule has 1 aliphatic heterocycles. The minimum atomic E-state index is -0.134. The van der Waals surface area contributed by atoms with Crippen LogP contribution in [0.15, 0.2) is 59.1 Å². The van der Waals surface area contributed by atoms with Gasteiger partial charge in [-0.05, 0) is 43.7 Å². The Balaban J connectivity index is 1.53. The van der Waals surface area contributed by atoms with Crippen molar-refractivity contribution in [3.8, 4) is 0 Å². The van der Waals surface area contributed by atoms with E-state index in [4.69, 9.17) is 0 Å². The van der Waals surface area contributed by atoms with Gasteiger partial charge in [0, 0.05) is 36.3 Å². The average molecular weight is 416 g/mol. The molecule has 1 saturated heterocycles. The van der Waals surface area contributed by atoms with Gasteiger partial charge >= 0.3 is 0 Å². The third-order valence-corrected chi connectivity index (χ3v) is 5.38. The van der Waals surface area contributed by atoms with Crippen molar-refractivity contribution in [3.63, 3.8) is 0 Å². The summed E-state index contributed by atoms with van der Waals surface area (Å²) in [5.41, 5.74) is 2.18. The maximum Gasteiger partial charge on any atom is 0.241 e. The molecule has 1 amide bonds. The average Bonchev–Trinajstić information content (AvgIpc) is 2.87. The lowest BCUT2D eigenvalue weighted by atomic mass is 10.2. The van der Waals surface area contributed by atoms with Crippen molar-refractivity contribution in [1.29, 1.82) is 0 Å². The smallest absolute Gasteiger partial charge is 0.241 e. The van der Waals surface area contributed by atoms with E-state index in [1.807, 2.05) is 31.2 Å². The zero-order valence-corrected chi connectivity index (χ0v) is 16.8. The maximum absolute atomic E-state index is 12.6. The van der Waals surface area contributed by atoms with Gasteiger partial charge in [0.25, 0.3) is 0 Å². The first kappa shape index (κ1) is 19.1. The highest BCUT2D eigenvalue weighted by Gasteiger charge is 2.24. The van der Waals surface area contributed by atoms with Crippen LogP contribution < -0.4 is 5.32 Å². The summed E-state index contributed by atoms with van der Waals surface area (Å²) >= 11 is 3.44. The first-order valence-corrected chi connectivity index (χ1v) is 9.98. The van der Waals surface area contributed by atoms with Crippen molar-refractivity contribution in [2.45, 2.75) is 25.9 Å². The number of carbonyl (C=O) groups is 1. The van der Waals surface area contributed by atoms with Crippen LogP contribution in [0.1, 0.15) is 18.9 Å². The highest BCUT2D eigenvalue weighted by atomic mass is 79.9. The number of hydrogen-bond donors (Lipinski definition) is 1. The summed E-state index contributed by atoms with van der Waals surface area (Å²) in [6.45, 7) is 6.92. The second-order valence-electron chi connectivity index (χ2n) is 6.83. The molecule has 0 aromatic heterocycles. The molecule has 1 unspecified atom stereocenters. The van der Waals surface area contributed by atoms with Gasteiger partial charge in [-0.2, -0.15) is 0 Å². The topological polar surface area (TPSA) is 35.6 Å². The van der Waals surface area contributed by atoms with Crippen molar-refractivity contribution in [1.82, 2.24) is 9.80 Å². The molecule has 1 heterocycles. The Bertz CT molecular complexity index is 722. The molecule has 1 atom stereocenters. The molecule has 1 fully saturated rings. The number of rotatable bonds is 5. The molecule has 4 nitrogen and oxygen atoms in total. The molecule has 26 heavy (non-hydrogen) atoms. The third-order valence-electron chi connectivity index (χ3n) is 4.89. The van der Waals surface area contributed by atoms with Crippen LogP contribution in [-0.4, -0.2) is 47.9 Å². The normalized spacial score (nSPS) is 17.5. The van der Waals surface area contributed by atoms with E-state index in [1.165, 1.54) is 5.56 Å². The van der Waals surface area contributed by atoms with Gasteiger partial charge in [0.1, 0.15) is 0 Å². The van der Waals surface area contributed by atoms with Crippen LogP contribution in [0.4, 0.5) is 5.69 Å². The Morgan fingerprint density at radius 2 is 1.88 bits per heavy atom. The molecule has 0 aliphatic carbocycles. The first-order valence-electron chi connectivity index (χ1n) is 9.18. The number of halogens is 1. The summed E-state index contributed by atoms with van der Waals surface area (Å²) in [5.74, 6) is 0.0552. The second kappa shape index (κ2) is 9.31. The van der Waals surface area contributed by atoms with E-state index < -0.39 is 0 Å². The van der Waals surface area contributed by atoms with Crippen molar-refractivity contribution in [3.05, 3.63) is 64.6 Å². The standard InChI is InChI=1S/C21H26BrN3O/c1-17(21(26)23-20-10-5-9-19(22)15-20)25-12-6-11-24(13-14-25)16-18-7-3-2-4-8-18/h2-5,7-10,15,17H,6,11-14,16H2,1H3,(H,23,26). The van der Waals surface area contributed by atoms with Gasteiger partial charge in [0.15, 0.2) is 0 Å². The van der Waals surface area contributed by atoms with Crippen LogP contribution in [0.5, 0.6) is 0 Å². The van der Waals surface area contributed by atoms with Crippen LogP contribution in [0.2, 0.25) is 0 Å². The molecule has 1 N–H and O–H groups in total. The van der Waals surface area contributed by atoms with Crippen LogP contribution in [-0.2, 0) is 11.3 Å². The Kier molecular flexibility index (Phi) is 6.83. The SMILES string of the molecule is CC(C(=O)Nc1cccc(Br)c1)N1CCCN(Cc2ccccc2)CC1. The minimum Gasteiger partial charge on any atom is -0.325 e. The van der Waals surface area contributed by atoms with Crippen LogP contribution in [0.25, 0.3) is 0 Å². The number of amides is 1. The van der Waals surface area contributed by atoms with Gasteiger partial charge in [-0.25, -0.2) is 0 Å². The fraction of sp³-hybridized carbons (Fsp3) is 0.381. The highest BCUT2D eigenvalue weighted by molar-refractivity contribution is 9.10. The van der Waals surface area contributed by atoms with Gasteiger partial charge in [0.2, 0.25) is 5.91 Å². The largest absolute Gasteiger partial charge is 0.325 e. The van der Waals surface area contributed by atoms with Gasteiger partial charge in [-0.3, -0.25) is 14.6 Å². The summed E-state index contributed by atoms with van der Waals surface area (Å²) in [6.07, 6.45) is 1.08. The lowest BCUT2D eigenvalue weighted by molar-refractivity contribution is -0.120. The van der Waals surface area contributed by atoms with E-state index in [0.717, 1.165) is 49.3 Å². The second-order valence-corrected chi connectivity index (χ2v) is 7.74. The number of benzene rings is 2. The molecule has 0 saturated carbocycles. The van der Waals surface area contributed by atoms with E-state index in [-0.39, 0.29) is 11.9 Å². The van der Waals surface area contributed by atoms with Gasteiger partial charge in [-0.15, -0.1) is 0 Å². The fourth-order valence-corrected chi connectivity index (χ4v) is 3.76. The Morgan fingerprint density at radius 3 is 2.65 bits per heavy atom. The zero-order chi connectivity index (χ0) is 18.4. The molecular weight excluding hydrogens is 390 g/mol. The van der Waals surface area contributed by atoms with Crippen molar-refractivity contribution < 1.29 is 4.79 Å². The lowest BCUT2D eigenvalue weighted by Crippen LogP contribution is -2.43. The Hall–Kier alpha value is -1.69. The Morgan fingerprint density at radius 1 is 1.08 bits per heavy atom. The number of nitrogens with one attached hydrogen (secondary N) is 1. The molecule has 138 valence electrons. The van der Waals surface area contributed by atoms with E-state index in [0.29, 0.717) is 0 Å². The monoisotopic (exact) mass is 415 g/mol. The number of anilines is 1. The minimum absolute atomic E-state index is 0.0552. The van der Waals surface area contributed by atoms with Crippen molar-refractivity contribution in [2.75, 3.05) is 31.5 Å². The number of hydrogen-bond acceptors (Lipinski definition) is 3. The predicted molar refractivity (Wildman–Crippen MR) is 110 cm³/mol. The molecular formula is C21H26BrN3O. The lowest BCUT2D eigenvalue weighted by Gasteiger charge is -2.27. The van der Waals surface area contributed by atoms with E-state index in [9.17, 15) is 4.79 Å². The fourth-order valence-electron chi connectivity index (χ4n) is 3.36. The first-order chi connectivity index (χ1) is 12.6. The molecule has 1 aliphatic rings. The third kappa shape index (κ3) is 5.40. The summed E-state index contributed by atoms with van der Waals surface area (Å²) in [5, 5.41) is 3.03. The van der Waals surface area contributed by atoms with Gasteiger partial charge < -0.3 is 5.32 Å². The number of nitrogens with zero attached hydrogens (tertiary/aromatic N) is 2. The highest BCUT2D eigenvalue weighted by Crippen LogP contribution is 2.17. The summed E-state index contributed by atoms with van der Waals surface area (Å²) < 4.78 is 0.967. The van der Waals surface area contributed by atoms with Gasteiger partial charge in [0.05, 0.1) is 6.04 Å². The van der Waals surface area contributed by atoms with Crippen LogP contribution in [0, 0.1) is 0 Å². The summed E-state index contributed by atoms with van der Waals surface area (Å²) in [6, 6.07) is 18.2. The predicted octanol–water partition coefficient (Wildman–Crippen LogP) is 3.98. The molecule has 2 aromatic carbocycles. The van der Waals surface area contributed by atoms with E-state index in [1.54, 1.807) is 0 Å². The quantitative estimate of drug-likeness (QED) is 0.801. The van der Waals surface area contributed by atoms with E-state index >= 15 is 0 Å². The Labute approximate surface area is 164 Å². The molecule has 0 radical (unpaired) electrons. The van der Waals surface area contributed by atoms with Crippen molar-refractivity contribution in [2.24, 2.45) is 0 Å². The van der Waals surface area contributed by atoms with Crippen LogP contribution >= 0.6 is 15.9 Å².